The zero-order valence-electron chi connectivity index (χ0n) is 10.5. The van der Waals surface area contributed by atoms with Crippen LogP contribution in [0.25, 0.3) is 0 Å². The van der Waals surface area contributed by atoms with E-state index in [1.807, 2.05) is 18.2 Å². The standard InChI is InChI=1S/C14H16ClNO3/c15-14(18)11-5-4-8-16(9-11)13(17)10-19-12-6-2-1-3-7-12/h1-3,6-7,11H,4-5,8-10H2. The molecule has 2 rings (SSSR count). The Hall–Kier alpha value is -1.55. The fraction of sp³-hybridized carbons (Fsp3) is 0.429. The predicted octanol–water partition coefficient (Wildman–Crippen LogP) is 2.07. The molecule has 1 amide bonds. The van der Waals surface area contributed by atoms with Crippen LogP contribution < -0.4 is 4.74 Å². The van der Waals surface area contributed by atoms with Gasteiger partial charge in [-0.15, -0.1) is 0 Å². The molecular weight excluding hydrogens is 266 g/mol. The normalized spacial score (nSPS) is 19.0. The number of piperidine rings is 1. The minimum atomic E-state index is -0.360. The minimum Gasteiger partial charge on any atom is -0.484 e. The van der Waals surface area contributed by atoms with Gasteiger partial charge in [0.1, 0.15) is 5.75 Å². The van der Waals surface area contributed by atoms with E-state index in [1.165, 1.54) is 0 Å². The molecule has 1 unspecified atom stereocenters. The molecule has 0 aromatic heterocycles. The molecule has 0 radical (unpaired) electrons. The van der Waals surface area contributed by atoms with Crippen LogP contribution in [0.2, 0.25) is 0 Å². The number of rotatable bonds is 4. The lowest BCUT2D eigenvalue weighted by molar-refractivity contribution is -0.136. The molecule has 0 N–H and O–H groups in total. The first kappa shape index (κ1) is 13.9. The molecule has 1 saturated heterocycles. The third-order valence-electron chi connectivity index (χ3n) is 3.20. The summed E-state index contributed by atoms with van der Waals surface area (Å²) in [5.41, 5.74) is 0. The summed E-state index contributed by atoms with van der Waals surface area (Å²) in [6.07, 6.45) is 1.56. The molecule has 0 saturated carbocycles. The fourth-order valence-corrected chi connectivity index (χ4v) is 2.32. The zero-order chi connectivity index (χ0) is 13.7. The lowest BCUT2D eigenvalue weighted by Gasteiger charge is -2.30. The number of halogens is 1. The molecule has 19 heavy (non-hydrogen) atoms. The van der Waals surface area contributed by atoms with Gasteiger partial charge in [-0.1, -0.05) is 18.2 Å². The van der Waals surface area contributed by atoms with Crippen molar-refractivity contribution in [3.8, 4) is 5.75 Å². The van der Waals surface area contributed by atoms with Crippen LogP contribution in [0.1, 0.15) is 12.8 Å². The van der Waals surface area contributed by atoms with Gasteiger partial charge in [0.05, 0.1) is 5.92 Å². The number of carbonyl (C=O) groups excluding carboxylic acids is 2. The summed E-state index contributed by atoms with van der Waals surface area (Å²) < 4.78 is 5.41. The Labute approximate surface area is 117 Å². The van der Waals surface area contributed by atoms with E-state index < -0.39 is 0 Å². The van der Waals surface area contributed by atoms with E-state index in [0.717, 1.165) is 12.8 Å². The second-order valence-corrected chi connectivity index (χ2v) is 4.96. The first-order valence-electron chi connectivity index (χ1n) is 6.32. The van der Waals surface area contributed by atoms with Crippen LogP contribution in [0.4, 0.5) is 0 Å². The predicted molar refractivity (Wildman–Crippen MR) is 72.1 cm³/mol. The van der Waals surface area contributed by atoms with Gasteiger partial charge in [-0.3, -0.25) is 9.59 Å². The van der Waals surface area contributed by atoms with Crippen LogP contribution in [0.5, 0.6) is 5.75 Å². The van der Waals surface area contributed by atoms with E-state index >= 15 is 0 Å². The Balaban J connectivity index is 1.84. The number of carbonyl (C=O) groups is 2. The van der Waals surface area contributed by atoms with Crippen molar-refractivity contribution in [1.29, 1.82) is 0 Å². The second kappa shape index (κ2) is 6.57. The summed E-state index contributed by atoms with van der Waals surface area (Å²) in [4.78, 5) is 24.8. The Morgan fingerprint density at radius 1 is 1.32 bits per heavy atom. The molecule has 1 aliphatic heterocycles. The molecule has 1 aromatic carbocycles. The van der Waals surface area contributed by atoms with Crippen molar-refractivity contribution in [3.05, 3.63) is 30.3 Å². The number of hydrogen-bond donors (Lipinski definition) is 0. The average Bonchev–Trinajstić information content (AvgIpc) is 2.46. The average molecular weight is 282 g/mol. The number of amides is 1. The highest BCUT2D eigenvalue weighted by Crippen LogP contribution is 2.19. The minimum absolute atomic E-state index is 0.00674. The van der Waals surface area contributed by atoms with Crippen LogP contribution >= 0.6 is 11.6 Å². The maximum absolute atomic E-state index is 12.0. The highest BCUT2D eigenvalue weighted by Gasteiger charge is 2.27. The van der Waals surface area contributed by atoms with Crippen molar-refractivity contribution >= 4 is 22.8 Å². The summed E-state index contributed by atoms with van der Waals surface area (Å²) in [6, 6.07) is 9.19. The molecule has 5 heteroatoms. The number of benzene rings is 1. The monoisotopic (exact) mass is 281 g/mol. The Morgan fingerprint density at radius 3 is 2.74 bits per heavy atom. The molecule has 1 aromatic rings. The van der Waals surface area contributed by atoms with Crippen molar-refractivity contribution in [2.24, 2.45) is 5.92 Å². The molecule has 4 nitrogen and oxygen atoms in total. The third-order valence-corrected chi connectivity index (χ3v) is 3.51. The first-order valence-corrected chi connectivity index (χ1v) is 6.69. The van der Waals surface area contributed by atoms with Gasteiger partial charge in [0.2, 0.25) is 5.24 Å². The van der Waals surface area contributed by atoms with Gasteiger partial charge in [-0.25, -0.2) is 0 Å². The summed E-state index contributed by atoms with van der Waals surface area (Å²) in [5, 5.41) is -0.360. The van der Waals surface area contributed by atoms with Crippen LogP contribution in [0, 0.1) is 5.92 Å². The Bertz CT molecular complexity index is 449. The van der Waals surface area contributed by atoms with E-state index in [4.69, 9.17) is 16.3 Å². The van der Waals surface area contributed by atoms with Gasteiger partial charge in [0.15, 0.2) is 6.61 Å². The summed E-state index contributed by atoms with van der Waals surface area (Å²) >= 11 is 5.49. The van der Waals surface area contributed by atoms with Crippen LogP contribution in [0.15, 0.2) is 30.3 Å². The number of likely N-dealkylation sites (tertiary alicyclic amines) is 1. The molecule has 0 aliphatic carbocycles. The van der Waals surface area contributed by atoms with Crippen molar-refractivity contribution in [1.82, 2.24) is 4.90 Å². The highest BCUT2D eigenvalue weighted by molar-refractivity contribution is 6.64. The van der Waals surface area contributed by atoms with Crippen molar-refractivity contribution < 1.29 is 14.3 Å². The smallest absolute Gasteiger partial charge is 0.260 e. The van der Waals surface area contributed by atoms with Gasteiger partial charge >= 0.3 is 0 Å². The Morgan fingerprint density at radius 2 is 2.05 bits per heavy atom. The molecule has 0 bridgehead atoms. The summed E-state index contributed by atoms with van der Waals surface area (Å²) in [7, 11) is 0. The Kier molecular flexibility index (Phi) is 4.80. The van der Waals surface area contributed by atoms with Crippen LogP contribution in [-0.2, 0) is 9.59 Å². The van der Waals surface area contributed by atoms with E-state index in [9.17, 15) is 9.59 Å². The molecule has 0 spiro atoms. The third kappa shape index (κ3) is 3.96. The summed E-state index contributed by atoms with van der Waals surface area (Å²) in [5.74, 6) is 0.320. The van der Waals surface area contributed by atoms with Crippen molar-refractivity contribution in [2.45, 2.75) is 12.8 Å². The molecule has 1 aliphatic rings. The fourth-order valence-electron chi connectivity index (χ4n) is 2.14. The van der Waals surface area contributed by atoms with E-state index in [0.29, 0.717) is 18.8 Å². The summed E-state index contributed by atoms with van der Waals surface area (Å²) in [6.45, 7) is 1.06. The SMILES string of the molecule is O=C(Cl)C1CCCN(C(=O)COc2ccccc2)C1. The molecule has 1 heterocycles. The number of para-hydroxylation sites is 1. The number of nitrogens with zero attached hydrogens (tertiary/aromatic N) is 1. The quantitative estimate of drug-likeness (QED) is 0.794. The zero-order valence-corrected chi connectivity index (χ0v) is 11.3. The highest BCUT2D eigenvalue weighted by atomic mass is 35.5. The van der Waals surface area contributed by atoms with Crippen LogP contribution in [-0.4, -0.2) is 35.7 Å². The topological polar surface area (TPSA) is 46.6 Å². The van der Waals surface area contributed by atoms with Gasteiger partial charge < -0.3 is 9.64 Å². The van der Waals surface area contributed by atoms with E-state index in [1.54, 1.807) is 17.0 Å². The van der Waals surface area contributed by atoms with Gasteiger partial charge in [-0.2, -0.15) is 0 Å². The molecule has 1 fully saturated rings. The van der Waals surface area contributed by atoms with Crippen LogP contribution in [0.3, 0.4) is 0 Å². The molecule has 1 atom stereocenters. The number of hydrogen-bond acceptors (Lipinski definition) is 3. The first-order chi connectivity index (χ1) is 9.16. The van der Waals surface area contributed by atoms with Crippen molar-refractivity contribution in [3.63, 3.8) is 0 Å². The van der Waals surface area contributed by atoms with Gasteiger partial charge in [0, 0.05) is 13.1 Å². The lowest BCUT2D eigenvalue weighted by Crippen LogP contribution is -2.43. The van der Waals surface area contributed by atoms with E-state index in [2.05, 4.69) is 0 Å². The largest absolute Gasteiger partial charge is 0.484 e. The maximum Gasteiger partial charge on any atom is 0.260 e. The molecule has 102 valence electrons. The number of ether oxygens (including phenoxy) is 1. The van der Waals surface area contributed by atoms with E-state index in [-0.39, 0.29) is 23.7 Å². The maximum atomic E-state index is 12.0. The second-order valence-electron chi connectivity index (χ2n) is 4.58. The van der Waals surface area contributed by atoms with Gasteiger partial charge in [0.25, 0.3) is 5.91 Å². The lowest BCUT2D eigenvalue weighted by atomic mass is 9.99. The molecular formula is C14H16ClNO3. The van der Waals surface area contributed by atoms with Crippen molar-refractivity contribution in [2.75, 3.05) is 19.7 Å². The van der Waals surface area contributed by atoms with Gasteiger partial charge in [-0.05, 0) is 36.6 Å².